The van der Waals surface area contributed by atoms with Crippen LogP contribution in [0.25, 0.3) is 5.65 Å². The molecule has 0 aliphatic heterocycles. The Morgan fingerprint density at radius 3 is 2.59 bits per heavy atom. The minimum atomic E-state index is -1.50. The smallest absolute Gasteiger partial charge is 0.326 e. The second-order valence-corrected chi connectivity index (χ2v) is 4.94. The van der Waals surface area contributed by atoms with Gasteiger partial charge in [0.1, 0.15) is 17.4 Å². The lowest BCUT2D eigenvalue weighted by molar-refractivity contribution is -0.145. The number of fused-ring (bicyclic) bond motifs is 1. The maximum Gasteiger partial charge on any atom is 0.326 e. The largest absolute Gasteiger partial charge is 0.481 e. The van der Waals surface area contributed by atoms with Crippen LogP contribution in [-0.4, -0.2) is 43.5 Å². The van der Waals surface area contributed by atoms with E-state index >= 15 is 0 Å². The van der Waals surface area contributed by atoms with E-state index in [0.29, 0.717) is 11.3 Å². The van der Waals surface area contributed by atoms with Gasteiger partial charge in [0.05, 0.1) is 12.1 Å². The summed E-state index contributed by atoms with van der Waals surface area (Å²) in [5.74, 6) is -3.39. The first kappa shape index (κ1) is 15.5. The molecule has 8 nitrogen and oxygen atoms in total. The summed E-state index contributed by atoms with van der Waals surface area (Å²) in [4.78, 5) is 38.2. The molecule has 0 spiro atoms. The van der Waals surface area contributed by atoms with Gasteiger partial charge in [-0.05, 0) is 31.5 Å². The topological polar surface area (TPSA) is 121 Å². The van der Waals surface area contributed by atoms with E-state index in [2.05, 4.69) is 10.3 Å². The lowest BCUT2D eigenvalue weighted by Crippen LogP contribution is -2.42. The Morgan fingerprint density at radius 1 is 1.32 bits per heavy atom. The Balaban J connectivity index is 2.35. The second-order valence-electron chi connectivity index (χ2n) is 4.94. The van der Waals surface area contributed by atoms with Crippen molar-refractivity contribution in [1.82, 2.24) is 14.7 Å². The fourth-order valence-corrected chi connectivity index (χ4v) is 2.14. The highest BCUT2D eigenvalue weighted by Gasteiger charge is 2.26. The maximum absolute atomic E-state index is 12.3. The summed E-state index contributed by atoms with van der Waals surface area (Å²) in [5.41, 5.74) is 2.15. The van der Waals surface area contributed by atoms with Crippen LogP contribution in [0.1, 0.15) is 28.2 Å². The zero-order valence-corrected chi connectivity index (χ0v) is 12.0. The molecule has 0 aliphatic carbocycles. The van der Waals surface area contributed by atoms with E-state index in [-0.39, 0.29) is 5.69 Å². The Kier molecular flexibility index (Phi) is 4.11. The van der Waals surface area contributed by atoms with Crippen LogP contribution in [-0.2, 0) is 9.59 Å². The summed E-state index contributed by atoms with van der Waals surface area (Å²) in [5, 5.41) is 19.9. The summed E-state index contributed by atoms with van der Waals surface area (Å²) in [6.07, 6.45) is 0.961. The number of rotatable bonds is 5. The van der Waals surface area contributed by atoms with E-state index < -0.39 is 30.3 Å². The fraction of sp³-hybridized carbons (Fsp3) is 0.286. The predicted octanol–water partition coefficient (Wildman–Crippen LogP) is 0.609. The third kappa shape index (κ3) is 3.05. The Hall–Kier alpha value is -2.90. The number of imidazole rings is 1. The number of nitrogens with one attached hydrogen (secondary N) is 1. The van der Waals surface area contributed by atoms with Crippen LogP contribution in [0.4, 0.5) is 0 Å². The van der Waals surface area contributed by atoms with Gasteiger partial charge in [0.2, 0.25) is 0 Å². The maximum atomic E-state index is 12.3. The molecule has 2 heterocycles. The second kappa shape index (κ2) is 5.84. The summed E-state index contributed by atoms with van der Waals surface area (Å²) in [6.45, 7) is 3.52. The molecule has 0 aliphatic rings. The van der Waals surface area contributed by atoms with Crippen LogP contribution in [0.5, 0.6) is 0 Å². The monoisotopic (exact) mass is 305 g/mol. The van der Waals surface area contributed by atoms with Crippen LogP contribution in [0, 0.1) is 13.8 Å². The van der Waals surface area contributed by atoms with Gasteiger partial charge in [0.25, 0.3) is 5.91 Å². The molecular formula is C14H15N3O5. The summed E-state index contributed by atoms with van der Waals surface area (Å²) >= 11 is 0. The number of aryl methyl sites for hydroxylation is 2. The first-order valence-electron chi connectivity index (χ1n) is 6.50. The molecule has 1 atom stereocenters. The van der Waals surface area contributed by atoms with Crippen molar-refractivity contribution in [2.24, 2.45) is 0 Å². The van der Waals surface area contributed by atoms with Gasteiger partial charge in [-0.3, -0.25) is 14.0 Å². The van der Waals surface area contributed by atoms with Crippen LogP contribution >= 0.6 is 0 Å². The van der Waals surface area contributed by atoms with Crippen molar-refractivity contribution in [2.45, 2.75) is 26.3 Å². The van der Waals surface area contributed by atoms with E-state index in [9.17, 15) is 14.4 Å². The van der Waals surface area contributed by atoms with E-state index in [4.69, 9.17) is 10.2 Å². The molecule has 0 fully saturated rings. The molecule has 8 heteroatoms. The van der Waals surface area contributed by atoms with Crippen LogP contribution in [0.3, 0.4) is 0 Å². The molecule has 22 heavy (non-hydrogen) atoms. The Bertz CT molecular complexity index is 765. The highest BCUT2D eigenvalue weighted by atomic mass is 16.4. The lowest BCUT2D eigenvalue weighted by Gasteiger charge is -2.12. The number of hydrogen-bond donors (Lipinski definition) is 3. The van der Waals surface area contributed by atoms with Crippen molar-refractivity contribution in [3.8, 4) is 0 Å². The number of amides is 1. The minimum Gasteiger partial charge on any atom is -0.481 e. The average Bonchev–Trinajstić information content (AvgIpc) is 2.72. The average molecular weight is 305 g/mol. The fourth-order valence-electron chi connectivity index (χ4n) is 2.14. The number of hydrogen-bond acceptors (Lipinski definition) is 4. The zero-order chi connectivity index (χ0) is 16.4. The van der Waals surface area contributed by atoms with Crippen molar-refractivity contribution in [3.63, 3.8) is 0 Å². The molecule has 2 aromatic heterocycles. The van der Waals surface area contributed by atoms with E-state index in [1.807, 2.05) is 6.92 Å². The number of nitrogens with zero attached hydrogens (tertiary/aromatic N) is 2. The van der Waals surface area contributed by atoms with Gasteiger partial charge in [0, 0.05) is 6.20 Å². The molecule has 1 amide bonds. The third-order valence-electron chi connectivity index (χ3n) is 3.15. The standard InChI is InChI=1S/C14H15N3O5/c1-7-3-4-17-10(5-7)15-8(2)12(17)13(20)16-9(14(21)22)6-11(18)19/h3-5,9H,6H2,1-2H3,(H,16,20)(H,18,19)(H,21,22)/t9-/m1/s1. The molecule has 116 valence electrons. The first-order valence-corrected chi connectivity index (χ1v) is 6.50. The highest BCUT2D eigenvalue weighted by molar-refractivity contribution is 5.97. The van der Waals surface area contributed by atoms with Gasteiger partial charge >= 0.3 is 11.9 Å². The van der Waals surface area contributed by atoms with E-state index in [1.54, 1.807) is 25.3 Å². The number of carbonyl (C=O) groups excluding carboxylic acids is 1. The van der Waals surface area contributed by atoms with Gasteiger partial charge < -0.3 is 15.5 Å². The van der Waals surface area contributed by atoms with Gasteiger partial charge in [-0.1, -0.05) is 0 Å². The van der Waals surface area contributed by atoms with Crippen LogP contribution in [0.15, 0.2) is 18.3 Å². The van der Waals surface area contributed by atoms with E-state index in [1.165, 1.54) is 4.40 Å². The molecule has 0 bridgehead atoms. The predicted molar refractivity (Wildman–Crippen MR) is 75.8 cm³/mol. The normalized spacial score (nSPS) is 12.1. The van der Waals surface area contributed by atoms with Crippen molar-refractivity contribution >= 4 is 23.5 Å². The molecule has 2 aromatic rings. The molecule has 2 rings (SSSR count). The molecule has 0 unspecified atom stereocenters. The quantitative estimate of drug-likeness (QED) is 0.744. The van der Waals surface area contributed by atoms with Crippen molar-refractivity contribution < 1.29 is 24.6 Å². The Labute approximate surface area is 125 Å². The SMILES string of the molecule is Cc1ccn2c(C(=O)N[C@H](CC(=O)O)C(=O)O)c(C)nc2c1. The van der Waals surface area contributed by atoms with Crippen LogP contribution < -0.4 is 5.32 Å². The van der Waals surface area contributed by atoms with Crippen LogP contribution in [0.2, 0.25) is 0 Å². The van der Waals surface area contributed by atoms with Crippen molar-refractivity contribution in [2.75, 3.05) is 0 Å². The molecule has 0 saturated heterocycles. The number of carboxylic acid groups (broad SMARTS) is 2. The van der Waals surface area contributed by atoms with Gasteiger partial charge in [-0.15, -0.1) is 0 Å². The van der Waals surface area contributed by atoms with Gasteiger partial charge in [-0.25, -0.2) is 9.78 Å². The molecular weight excluding hydrogens is 290 g/mol. The summed E-state index contributed by atoms with van der Waals surface area (Å²) in [6, 6.07) is 2.08. The molecule has 0 saturated carbocycles. The number of carboxylic acids is 2. The molecule has 3 N–H and O–H groups in total. The third-order valence-corrected chi connectivity index (χ3v) is 3.15. The first-order chi connectivity index (χ1) is 10.3. The number of carbonyl (C=O) groups is 3. The molecule has 0 aromatic carbocycles. The van der Waals surface area contributed by atoms with Gasteiger partial charge in [0.15, 0.2) is 0 Å². The summed E-state index contributed by atoms with van der Waals surface area (Å²) < 4.78 is 1.54. The number of aliphatic carboxylic acids is 2. The summed E-state index contributed by atoms with van der Waals surface area (Å²) in [7, 11) is 0. The number of aromatic nitrogens is 2. The zero-order valence-electron chi connectivity index (χ0n) is 12.0. The minimum absolute atomic E-state index is 0.187. The van der Waals surface area contributed by atoms with Crippen molar-refractivity contribution in [3.05, 3.63) is 35.3 Å². The molecule has 0 radical (unpaired) electrons. The van der Waals surface area contributed by atoms with Crippen molar-refractivity contribution in [1.29, 1.82) is 0 Å². The highest BCUT2D eigenvalue weighted by Crippen LogP contribution is 2.14. The van der Waals surface area contributed by atoms with Gasteiger partial charge in [-0.2, -0.15) is 0 Å². The van der Waals surface area contributed by atoms with E-state index in [0.717, 1.165) is 5.56 Å². The Morgan fingerprint density at radius 2 is 2.00 bits per heavy atom. The lowest BCUT2D eigenvalue weighted by atomic mass is 10.2. The number of pyridine rings is 1.